The van der Waals surface area contributed by atoms with Crippen molar-refractivity contribution in [2.45, 2.75) is 51.2 Å². The quantitative estimate of drug-likeness (QED) is 0.755. The summed E-state index contributed by atoms with van der Waals surface area (Å²) < 4.78 is 28.3. The smallest absolute Gasteiger partial charge is 0.276 e. The van der Waals surface area contributed by atoms with E-state index in [4.69, 9.17) is 4.98 Å². The molecule has 1 saturated heterocycles. The monoisotopic (exact) mass is 370 g/mol. The molecule has 5 rings (SSSR count). The molecule has 2 atom stereocenters. The van der Waals surface area contributed by atoms with Crippen LogP contribution in [-0.4, -0.2) is 31.6 Å². The predicted octanol–water partition coefficient (Wildman–Crippen LogP) is 2.74. The van der Waals surface area contributed by atoms with Gasteiger partial charge in [0, 0.05) is 42.4 Å². The average Bonchev–Trinajstić information content (AvgIpc) is 3.12. The Morgan fingerprint density at radius 1 is 1.15 bits per heavy atom. The van der Waals surface area contributed by atoms with Gasteiger partial charge in [-0.3, -0.25) is 14.8 Å². The maximum Gasteiger partial charge on any atom is 0.276 e. The maximum absolute atomic E-state index is 13.6. The van der Waals surface area contributed by atoms with Gasteiger partial charge in [0.2, 0.25) is 0 Å². The number of benzene rings is 1. The lowest BCUT2D eigenvalue weighted by molar-refractivity contribution is 0.187. The van der Waals surface area contributed by atoms with Gasteiger partial charge in [0.1, 0.15) is 0 Å². The standard InChI is InChI=1S/C20H20F2N4O/c1-11-6-19-23-18-9-14-4-3-13(8-15(18)20(27)26(19)24-11)25(14)10-12-2-5-16(21)17(22)7-12/h2,5-7,13-14,24H,3-4,8-10H2,1H3. The van der Waals surface area contributed by atoms with E-state index >= 15 is 0 Å². The molecule has 5 nitrogen and oxygen atoms in total. The minimum Gasteiger partial charge on any atom is -0.294 e. The van der Waals surface area contributed by atoms with Crippen molar-refractivity contribution >= 4 is 5.65 Å². The Kier molecular flexibility index (Phi) is 3.69. The molecule has 4 heterocycles. The van der Waals surface area contributed by atoms with Crippen molar-refractivity contribution in [3.63, 3.8) is 0 Å². The first-order chi connectivity index (χ1) is 13.0. The van der Waals surface area contributed by atoms with Crippen molar-refractivity contribution in [1.29, 1.82) is 0 Å². The topological polar surface area (TPSA) is 53.4 Å². The summed E-state index contributed by atoms with van der Waals surface area (Å²) >= 11 is 0. The second-order valence-electron chi connectivity index (χ2n) is 7.69. The molecule has 2 aromatic heterocycles. The molecule has 27 heavy (non-hydrogen) atoms. The maximum atomic E-state index is 13.6. The van der Waals surface area contributed by atoms with Gasteiger partial charge in [0.05, 0.1) is 5.69 Å². The number of aromatic nitrogens is 3. The summed E-state index contributed by atoms with van der Waals surface area (Å²) in [6, 6.07) is 6.44. The molecule has 2 unspecified atom stereocenters. The van der Waals surface area contributed by atoms with E-state index in [1.54, 1.807) is 6.07 Å². The highest BCUT2D eigenvalue weighted by atomic mass is 19.2. The Morgan fingerprint density at radius 3 is 2.70 bits per heavy atom. The van der Waals surface area contributed by atoms with E-state index in [9.17, 15) is 13.6 Å². The molecule has 2 aliphatic rings. The number of halogens is 2. The van der Waals surface area contributed by atoms with Gasteiger partial charge in [-0.05, 0) is 43.9 Å². The number of fused-ring (bicyclic) bond motifs is 4. The van der Waals surface area contributed by atoms with Crippen LogP contribution < -0.4 is 5.56 Å². The Bertz CT molecular complexity index is 1100. The number of rotatable bonds is 2. The zero-order valence-corrected chi connectivity index (χ0v) is 15.0. The van der Waals surface area contributed by atoms with Crippen LogP contribution in [0.15, 0.2) is 29.1 Å². The van der Waals surface area contributed by atoms with Crippen molar-refractivity contribution in [3.8, 4) is 0 Å². The second kappa shape index (κ2) is 5.99. The van der Waals surface area contributed by atoms with Crippen LogP contribution >= 0.6 is 0 Å². The Morgan fingerprint density at radius 2 is 1.93 bits per heavy atom. The Hall–Kier alpha value is -2.54. The van der Waals surface area contributed by atoms with E-state index in [2.05, 4.69) is 10.00 Å². The summed E-state index contributed by atoms with van der Waals surface area (Å²) in [4.78, 5) is 20.0. The third-order valence-corrected chi connectivity index (χ3v) is 5.91. The van der Waals surface area contributed by atoms with E-state index in [0.29, 0.717) is 25.0 Å². The minimum atomic E-state index is -0.826. The highest BCUT2D eigenvalue weighted by molar-refractivity contribution is 5.42. The molecule has 7 heteroatoms. The van der Waals surface area contributed by atoms with E-state index in [1.165, 1.54) is 16.6 Å². The molecule has 2 bridgehead atoms. The van der Waals surface area contributed by atoms with Gasteiger partial charge >= 0.3 is 0 Å². The first-order valence-electron chi connectivity index (χ1n) is 9.29. The Balaban J connectivity index is 1.51. The number of nitrogens with one attached hydrogen (secondary N) is 1. The van der Waals surface area contributed by atoms with E-state index < -0.39 is 11.6 Å². The first kappa shape index (κ1) is 16.6. The van der Waals surface area contributed by atoms with Crippen LogP contribution in [0.2, 0.25) is 0 Å². The van der Waals surface area contributed by atoms with Crippen molar-refractivity contribution in [1.82, 2.24) is 19.5 Å². The molecule has 1 aromatic carbocycles. The summed E-state index contributed by atoms with van der Waals surface area (Å²) in [5.74, 6) is -1.64. The molecule has 0 aliphatic carbocycles. The second-order valence-corrected chi connectivity index (χ2v) is 7.69. The number of aryl methyl sites for hydroxylation is 1. The highest BCUT2D eigenvalue weighted by Crippen LogP contribution is 2.34. The minimum absolute atomic E-state index is 0.0246. The van der Waals surface area contributed by atoms with Crippen molar-refractivity contribution in [2.75, 3.05) is 0 Å². The van der Waals surface area contributed by atoms with Crippen LogP contribution in [0.1, 0.15) is 35.4 Å². The fraction of sp³-hybridized carbons (Fsp3) is 0.400. The molecule has 0 saturated carbocycles. The molecule has 3 aromatic rings. The number of nitrogens with zero attached hydrogens (tertiary/aromatic N) is 3. The summed E-state index contributed by atoms with van der Waals surface area (Å²) in [7, 11) is 0. The van der Waals surface area contributed by atoms with Crippen LogP contribution in [0.3, 0.4) is 0 Å². The van der Waals surface area contributed by atoms with Crippen molar-refractivity contribution in [2.24, 2.45) is 0 Å². The lowest BCUT2D eigenvalue weighted by atomic mass is 9.98. The first-order valence-corrected chi connectivity index (χ1v) is 9.29. The molecule has 140 valence electrons. The fourth-order valence-corrected chi connectivity index (χ4v) is 4.62. The van der Waals surface area contributed by atoms with Crippen molar-refractivity contribution in [3.05, 3.63) is 68.8 Å². The van der Waals surface area contributed by atoms with Crippen molar-refractivity contribution < 1.29 is 8.78 Å². The molecular weight excluding hydrogens is 350 g/mol. The largest absolute Gasteiger partial charge is 0.294 e. The van der Waals surface area contributed by atoms with Gasteiger partial charge in [-0.25, -0.2) is 18.3 Å². The molecule has 2 aliphatic heterocycles. The molecule has 0 radical (unpaired) electrons. The lowest BCUT2D eigenvalue weighted by Crippen LogP contribution is -2.36. The average molecular weight is 370 g/mol. The zero-order chi connectivity index (χ0) is 18.7. The SMILES string of the molecule is Cc1cc2nc3c(c(=O)n2[nH]1)CC1CCC(C3)N1Cc1ccc(F)c(F)c1. The van der Waals surface area contributed by atoms with Crippen LogP contribution in [0.4, 0.5) is 8.78 Å². The Labute approximate surface area is 154 Å². The molecule has 1 fully saturated rings. The molecular formula is C20H20F2N4O. The molecule has 0 amide bonds. The van der Waals surface area contributed by atoms with Gasteiger partial charge in [-0.1, -0.05) is 6.07 Å². The van der Waals surface area contributed by atoms with Crippen LogP contribution in [-0.2, 0) is 19.4 Å². The predicted molar refractivity (Wildman–Crippen MR) is 96.7 cm³/mol. The zero-order valence-electron chi connectivity index (χ0n) is 15.0. The number of hydrogen-bond donors (Lipinski definition) is 1. The number of aromatic amines is 1. The summed E-state index contributed by atoms with van der Waals surface area (Å²) in [5, 5.41) is 3.05. The summed E-state index contributed by atoms with van der Waals surface area (Å²) in [6.07, 6.45) is 3.38. The van der Waals surface area contributed by atoms with Crippen LogP contribution in [0.5, 0.6) is 0 Å². The number of hydrogen-bond acceptors (Lipinski definition) is 3. The lowest BCUT2D eigenvalue weighted by Gasteiger charge is -2.27. The third-order valence-electron chi connectivity index (χ3n) is 5.91. The van der Waals surface area contributed by atoms with Gasteiger partial charge in [-0.15, -0.1) is 0 Å². The van der Waals surface area contributed by atoms with E-state index in [1.807, 2.05) is 13.0 Å². The summed E-state index contributed by atoms with van der Waals surface area (Å²) in [5.41, 5.74) is 3.94. The van der Waals surface area contributed by atoms with Gasteiger partial charge in [-0.2, -0.15) is 0 Å². The summed E-state index contributed by atoms with van der Waals surface area (Å²) in [6.45, 7) is 2.46. The van der Waals surface area contributed by atoms with Gasteiger partial charge in [0.25, 0.3) is 5.56 Å². The third kappa shape index (κ3) is 2.68. The highest BCUT2D eigenvalue weighted by Gasteiger charge is 2.38. The van der Waals surface area contributed by atoms with Gasteiger partial charge < -0.3 is 0 Å². The van der Waals surface area contributed by atoms with Crippen LogP contribution in [0, 0.1) is 18.6 Å². The van der Waals surface area contributed by atoms with E-state index in [-0.39, 0.29) is 17.6 Å². The normalized spacial score (nSPS) is 22.2. The molecule has 0 spiro atoms. The fourth-order valence-electron chi connectivity index (χ4n) is 4.62. The molecule has 1 N–H and O–H groups in total. The van der Waals surface area contributed by atoms with Crippen LogP contribution in [0.25, 0.3) is 5.65 Å². The van der Waals surface area contributed by atoms with Gasteiger partial charge in [0.15, 0.2) is 17.3 Å². The number of H-pyrrole nitrogens is 1. The van der Waals surface area contributed by atoms with E-state index in [0.717, 1.165) is 35.4 Å².